The zero-order valence-corrected chi connectivity index (χ0v) is 12.3. The standard InChI is InChI=1S/C12H20N4O6/c1-4(2)6(12(20)21)16-10(18)5(13)3-15-11(19)8-7(22-8)9(14)17/h4-8H,3,13H2,1-2H3,(H2,14,17)(H,15,19)(H,16,18)(H,20,21)/t5-,6-,7+,8+/m0/s1. The number of carboxylic acid groups (broad SMARTS) is 1. The van der Waals surface area contributed by atoms with Crippen LogP contribution in [0.1, 0.15) is 13.8 Å². The third-order valence-electron chi connectivity index (χ3n) is 3.14. The van der Waals surface area contributed by atoms with Gasteiger partial charge in [-0.1, -0.05) is 13.8 Å². The van der Waals surface area contributed by atoms with E-state index in [1.165, 1.54) is 0 Å². The van der Waals surface area contributed by atoms with E-state index in [1.54, 1.807) is 13.8 Å². The van der Waals surface area contributed by atoms with Crippen LogP contribution in [0, 0.1) is 5.92 Å². The van der Waals surface area contributed by atoms with E-state index in [9.17, 15) is 24.3 Å². The van der Waals surface area contributed by atoms with Crippen LogP contribution in [0.25, 0.3) is 0 Å². The van der Waals surface area contributed by atoms with Crippen molar-refractivity contribution in [2.75, 3.05) is 6.54 Å². The van der Waals surface area contributed by atoms with Gasteiger partial charge in [0.15, 0.2) is 18.2 Å². The van der Waals surface area contributed by atoms with Gasteiger partial charge < -0.3 is 36.7 Å². The molecule has 0 saturated carbocycles. The molecule has 1 heterocycles. The van der Waals surface area contributed by atoms with E-state index in [-0.39, 0.29) is 12.5 Å². The molecule has 0 aliphatic carbocycles. The van der Waals surface area contributed by atoms with Crippen LogP contribution in [-0.4, -0.2) is 54.5 Å². The predicted octanol–water partition coefficient (Wildman–Crippen LogP) is -5.14. The first-order chi connectivity index (χ1) is 10.1. The Morgan fingerprint density at radius 1 is 1.27 bits per heavy atom. The lowest BCUT2D eigenvalue weighted by molar-refractivity contribution is -0.401. The molecular weight excluding hydrogens is 296 g/mol. The molecule has 0 spiro atoms. The number of carbonyl (C=O) groups excluding carboxylic acids is 4. The maximum atomic E-state index is 11.8. The Kier molecular flexibility index (Phi) is 5.83. The lowest BCUT2D eigenvalue weighted by Crippen LogP contribution is -2.72. The van der Waals surface area contributed by atoms with Crippen LogP contribution in [0.4, 0.5) is 0 Å². The van der Waals surface area contributed by atoms with Crippen molar-refractivity contribution >= 4 is 23.7 Å². The molecule has 1 aliphatic rings. The van der Waals surface area contributed by atoms with Gasteiger partial charge in [-0.3, -0.25) is 14.4 Å². The molecule has 4 atom stereocenters. The molecule has 7 N–H and O–H groups in total. The van der Waals surface area contributed by atoms with Gasteiger partial charge in [0.1, 0.15) is 0 Å². The summed E-state index contributed by atoms with van der Waals surface area (Å²) in [7, 11) is 0. The van der Waals surface area contributed by atoms with Crippen LogP contribution >= 0.6 is 0 Å². The summed E-state index contributed by atoms with van der Waals surface area (Å²) in [4.78, 5) is 45.0. The number of primary amides is 1. The molecule has 1 fully saturated rings. The number of hydrogen-bond acceptors (Lipinski definition) is 6. The van der Waals surface area contributed by atoms with Crippen LogP contribution in [0.2, 0.25) is 0 Å². The zero-order chi connectivity index (χ0) is 17.0. The van der Waals surface area contributed by atoms with Crippen molar-refractivity contribution in [1.29, 1.82) is 0 Å². The van der Waals surface area contributed by atoms with Crippen LogP contribution < -0.4 is 27.2 Å². The van der Waals surface area contributed by atoms with Gasteiger partial charge >= 0.3 is 0 Å². The molecule has 0 radical (unpaired) electrons. The highest BCUT2D eigenvalue weighted by Gasteiger charge is 2.49. The van der Waals surface area contributed by atoms with E-state index in [0.717, 1.165) is 0 Å². The number of ether oxygens (including phenoxy) is 1. The number of nitrogens with one attached hydrogen (secondary N) is 2. The number of quaternary nitrogens is 1. The van der Waals surface area contributed by atoms with Crippen LogP contribution in [0.3, 0.4) is 0 Å². The van der Waals surface area contributed by atoms with E-state index in [1.807, 2.05) is 0 Å². The normalized spacial score (nSPS) is 22.5. The van der Waals surface area contributed by atoms with Gasteiger partial charge in [-0.2, -0.15) is 0 Å². The molecule has 10 nitrogen and oxygen atoms in total. The molecule has 10 heteroatoms. The van der Waals surface area contributed by atoms with E-state index in [2.05, 4.69) is 16.4 Å². The number of rotatable bonds is 8. The third kappa shape index (κ3) is 4.67. The summed E-state index contributed by atoms with van der Waals surface area (Å²) in [5.41, 5.74) is 8.50. The molecule has 22 heavy (non-hydrogen) atoms. The minimum Gasteiger partial charge on any atom is -0.548 e. The van der Waals surface area contributed by atoms with Crippen molar-refractivity contribution in [3.05, 3.63) is 0 Å². The highest BCUT2D eigenvalue weighted by molar-refractivity contribution is 5.94. The van der Waals surface area contributed by atoms with Crippen molar-refractivity contribution < 1.29 is 34.8 Å². The summed E-state index contributed by atoms with van der Waals surface area (Å²) in [5, 5.41) is 15.6. The van der Waals surface area contributed by atoms with Gasteiger partial charge in [0.05, 0.1) is 18.6 Å². The van der Waals surface area contributed by atoms with E-state index < -0.39 is 48.0 Å². The van der Waals surface area contributed by atoms with Crippen LogP contribution in [0.15, 0.2) is 0 Å². The summed E-state index contributed by atoms with van der Waals surface area (Å²) in [6.07, 6.45) is -1.89. The molecule has 1 rings (SSSR count). The van der Waals surface area contributed by atoms with Crippen molar-refractivity contribution in [3.8, 4) is 0 Å². The quantitative estimate of drug-likeness (QED) is 0.325. The lowest BCUT2D eigenvalue weighted by atomic mass is 10.0. The fourth-order valence-corrected chi connectivity index (χ4v) is 1.71. The molecule has 0 aromatic rings. The molecule has 3 amide bonds. The minimum absolute atomic E-state index is 0.131. The van der Waals surface area contributed by atoms with Crippen molar-refractivity contribution in [3.63, 3.8) is 0 Å². The van der Waals surface area contributed by atoms with Gasteiger partial charge in [0.25, 0.3) is 11.8 Å². The number of hydrogen-bond donors (Lipinski definition) is 4. The average molecular weight is 316 g/mol. The lowest BCUT2D eigenvalue weighted by Gasteiger charge is -2.24. The number of carbonyl (C=O) groups is 4. The molecule has 0 aromatic heterocycles. The Labute approximate surface area is 126 Å². The Balaban J connectivity index is 2.40. The SMILES string of the molecule is CC(C)[C@H](NC(=O)[C@@H]([NH3+])CNC(=O)[C@@H]1O[C@H]1C(N)=O)C(=O)[O-]. The van der Waals surface area contributed by atoms with Gasteiger partial charge in [0, 0.05) is 0 Å². The molecule has 124 valence electrons. The molecule has 0 unspecified atom stereocenters. The van der Waals surface area contributed by atoms with E-state index in [0.29, 0.717) is 0 Å². The van der Waals surface area contributed by atoms with Gasteiger partial charge in [-0.25, -0.2) is 0 Å². The molecular formula is C12H20N4O6. The second-order valence-electron chi connectivity index (χ2n) is 5.37. The van der Waals surface area contributed by atoms with Crippen molar-refractivity contribution in [2.45, 2.75) is 38.1 Å². The summed E-state index contributed by atoms with van der Waals surface area (Å²) < 4.78 is 4.77. The van der Waals surface area contributed by atoms with E-state index >= 15 is 0 Å². The summed E-state index contributed by atoms with van der Waals surface area (Å²) >= 11 is 0. The van der Waals surface area contributed by atoms with Crippen LogP contribution in [0.5, 0.6) is 0 Å². The monoisotopic (exact) mass is 316 g/mol. The Hall–Kier alpha value is -2.20. The number of nitrogens with two attached hydrogens (primary N) is 1. The number of epoxide rings is 1. The molecule has 0 aromatic carbocycles. The maximum Gasteiger partial charge on any atom is 0.280 e. The highest BCUT2D eigenvalue weighted by atomic mass is 16.6. The number of carboxylic acids is 1. The summed E-state index contributed by atoms with van der Waals surface area (Å²) in [6.45, 7) is 3.11. The smallest absolute Gasteiger partial charge is 0.280 e. The first-order valence-electron chi connectivity index (χ1n) is 6.72. The fraction of sp³-hybridized carbons (Fsp3) is 0.667. The average Bonchev–Trinajstić information content (AvgIpc) is 3.21. The van der Waals surface area contributed by atoms with Crippen LogP contribution in [-0.2, 0) is 23.9 Å². The number of aliphatic carboxylic acids is 1. The molecule has 1 aliphatic heterocycles. The molecule has 0 bridgehead atoms. The fourth-order valence-electron chi connectivity index (χ4n) is 1.71. The first kappa shape index (κ1) is 17.9. The van der Waals surface area contributed by atoms with E-state index in [4.69, 9.17) is 10.5 Å². The van der Waals surface area contributed by atoms with Crippen molar-refractivity contribution in [1.82, 2.24) is 10.6 Å². The largest absolute Gasteiger partial charge is 0.548 e. The summed E-state index contributed by atoms with van der Waals surface area (Å²) in [6, 6.07) is -2.05. The second-order valence-corrected chi connectivity index (χ2v) is 5.37. The topological polar surface area (TPSA) is 182 Å². The Bertz CT molecular complexity index is 480. The number of amides is 3. The minimum atomic E-state index is -1.39. The Morgan fingerprint density at radius 2 is 1.86 bits per heavy atom. The Morgan fingerprint density at radius 3 is 2.27 bits per heavy atom. The maximum absolute atomic E-state index is 11.8. The van der Waals surface area contributed by atoms with Gasteiger partial charge in [-0.15, -0.1) is 0 Å². The highest BCUT2D eigenvalue weighted by Crippen LogP contribution is 2.21. The predicted molar refractivity (Wildman–Crippen MR) is 69.3 cm³/mol. The second kappa shape index (κ2) is 7.18. The third-order valence-corrected chi connectivity index (χ3v) is 3.14. The summed E-state index contributed by atoms with van der Waals surface area (Å²) in [5.74, 6) is -3.70. The van der Waals surface area contributed by atoms with Gasteiger partial charge in [0.2, 0.25) is 5.91 Å². The molecule has 1 saturated heterocycles. The van der Waals surface area contributed by atoms with Gasteiger partial charge in [-0.05, 0) is 5.92 Å². The first-order valence-corrected chi connectivity index (χ1v) is 6.72. The zero-order valence-electron chi connectivity index (χ0n) is 12.3. The van der Waals surface area contributed by atoms with Crippen molar-refractivity contribution in [2.24, 2.45) is 11.7 Å².